The summed E-state index contributed by atoms with van der Waals surface area (Å²) < 4.78 is 7.22. The molecule has 3 aliphatic rings. The van der Waals surface area contributed by atoms with Gasteiger partial charge in [0.1, 0.15) is 11.9 Å². The van der Waals surface area contributed by atoms with Crippen molar-refractivity contribution in [1.29, 1.82) is 0 Å². The molecule has 0 saturated heterocycles. The highest BCUT2D eigenvalue weighted by Crippen LogP contribution is 2.58. The zero-order valence-corrected chi connectivity index (χ0v) is 27.4. The highest BCUT2D eigenvalue weighted by molar-refractivity contribution is 5.92. The molecule has 1 atom stereocenters. The van der Waals surface area contributed by atoms with Crippen LogP contribution in [-0.4, -0.2) is 42.9 Å². The molecule has 3 heterocycles. The van der Waals surface area contributed by atoms with Crippen LogP contribution in [0, 0.1) is 19.3 Å². The van der Waals surface area contributed by atoms with Crippen LogP contribution in [0.25, 0.3) is 28.0 Å². The highest BCUT2D eigenvalue weighted by atomic mass is 16.5. The average molecular weight is 618 g/mol. The van der Waals surface area contributed by atoms with Gasteiger partial charge in [0.15, 0.2) is 0 Å². The van der Waals surface area contributed by atoms with E-state index in [-0.39, 0.29) is 22.7 Å². The summed E-state index contributed by atoms with van der Waals surface area (Å²) in [5.41, 5.74) is 9.58. The number of aryl methyl sites for hydroxylation is 1. The molecule has 0 radical (unpaired) electrons. The van der Waals surface area contributed by atoms with Gasteiger partial charge in [0, 0.05) is 34.4 Å². The van der Waals surface area contributed by atoms with E-state index in [2.05, 4.69) is 50.9 Å². The summed E-state index contributed by atoms with van der Waals surface area (Å²) in [5, 5.41) is 16.3. The molecule has 0 aliphatic heterocycles. The second kappa shape index (κ2) is 11.5. The smallest absolute Gasteiger partial charge is 0.311 e. The predicted molar refractivity (Wildman–Crippen MR) is 179 cm³/mol. The first-order valence-corrected chi connectivity index (χ1v) is 16.5. The van der Waals surface area contributed by atoms with Crippen molar-refractivity contribution in [1.82, 2.24) is 24.7 Å². The number of nitrogens with one attached hydrogen (secondary N) is 1. The number of aliphatic hydroxyl groups excluding tert-OH is 1. The summed E-state index contributed by atoms with van der Waals surface area (Å²) in [6, 6.07) is 20.4. The first-order chi connectivity index (χ1) is 22.1. The number of nitrogens with zero attached hydrogens (tertiary/aromatic N) is 4. The zero-order valence-electron chi connectivity index (χ0n) is 27.4. The Labute approximate surface area is 270 Å². The molecule has 3 aromatic heterocycles. The average Bonchev–Trinajstić information content (AvgIpc) is 3.67. The Kier molecular flexibility index (Phi) is 7.59. The summed E-state index contributed by atoms with van der Waals surface area (Å²) in [4.78, 5) is 26.1. The fraction of sp³-hybridized carbons (Fsp3) is 0.421. The normalized spacial score (nSPS) is 21.6. The number of rotatable bonds is 8. The van der Waals surface area contributed by atoms with Gasteiger partial charge < -0.3 is 14.8 Å². The number of aromatic amines is 1. The summed E-state index contributed by atoms with van der Waals surface area (Å²) >= 11 is 0. The van der Waals surface area contributed by atoms with E-state index in [1.165, 1.54) is 12.7 Å². The first-order valence-electron chi connectivity index (χ1n) is 16.5. The van der Waals surface area contributed by atoms with Crippen LogP contribution in [0.3, 0.4) is 0 Å². The lowest BCUT2D eigenvalue weighted by Crippen LogP contribution is -2.48. The molecule has 3 aliphatic carbocycles. The monoisotopic (exact) mass is 617 g/mol. The lowest BCUT2D eigenvalue weighted by atomic mass is 9.52. The molecule has 0 unspecified atom stereocenters. The van der Waals surface area contributed by atoms with Crippen molar-refractivity contribution in [3.8, 4) is 16.9 Å². The molecule has 8 heteroatoms. The van der Waals surface area contributed by atoms with Crippen LogP contribution in [0.5, 0.6) is 0 Å². The Morgan fingerprint density at radius 1 is 0.957 bits per heavy atom. The van der Waals surface area contributed by atoms with E-state index >= 15 is 0 Å². The van der Waals surface area contributed by atoms with Crippen LogP contribution in [0.4, 0.5) is 0 Å². The van der Waals surface area contributed by atoms with Crippen molar-refractivity contribution >= 4 is 17.0 Å². The minimum absolute atomic E-state index is 0.0187. The minimum atomic E-state index is -0.747. The molecule has 0 spiro atoms. The Morgan fingerprint density at radius 2 is 1.67 bits per heavy atom. The van der Waals surface area contributed by atoms with Gasteiger partial charge in [-0.2, -0.15) is 5.10 Å². The standard InChI is InChI=1S/C38H43N5O3/c1-23(2)32-25(4)43(29-14-15-31(39-24(29)3)37-16-19-38(20-17-37,21-18-37)36(45)46-5)42-34(32)27-12-9-13-28-33(27)41-35(40-28)30(44)22-26-10-7-6-8-11-26/h6-15,23,30,44H,16-22H2,1-5H3,(H,40,41)/t30-,37?,38?/m0/s1. The maximum atomic E-state index is 12.6. The summed E-state index contributed by atoms with van der Waals surface area (Å²) in [6.45, 7) is 8.60. The summed E-state index contributed by atoms with van der Waals surface area (Å²) in [7, 11) is 1.51. The number of pyridine rings is 1. The van der Waals surface area contributed by atoms with E-state index < -0.39 is 6.10 Å². The molecule has 46 heavy (non-hydrogen) atoms. The SMILES string of the molecule is COC(=O)C12CCC(c3ccc(-n4nc(-c5cccc6[nH]c([C@@H](O)Cc7ccccc7)nc56)c(C(C)C)c4C)c(C)n3)(CC1)CC2. The molecule has 2 aromatic carbocycles. The highest BCUT2D eigenvalue weighted by Gasteiger charge is 2.54. The van der Waals surface area contributed by atoms with Gasteiger partial charge in [-0.15, -0.1) is 0 Å². The van der Waals surface area contributed by atoms with Crippen LogP contribution in [0.15, 0.2) is 60.7 Å². The van der Waals surface area contributed by atoms with Gasteiger partial charge in [-0.1, -0.05) is 56.3 Å². The van der Waals surface area contributed by atoms with Crippen molar-refractivity contribution in [2.45, 2.75) is 90.1 Å². The van der Waals surface area contributed by atoms with Gasteiger partial charge in [0.25, 0.3) is 0 Å². The number of imidazole rings is 1. The molecule has 238 valence electrons. The van der Waals surface area contributed by atoms with Crippen molar-refractivity contribution in [3.63, 3.8) is 0 Å². The van der Waals surface area contributed by atoms with Crippen molar-refractivity contribution in [2.24, 2.45) is 5.41 Å². The molecule has 3 saturated carbocycles. The van der Waals surface area contributed by atoms with Crippen LogP contribution < -0.4 is 0 Å². The predicted octanol–water partition coefficient (Wildman–Crippen LogP) is 7.59. The molecule has 5 aromatic rings. The number of esters is 1. The third kappa shape index (κ3) is 4.94. The number of carbonyl (C=O) groups excluding carboxylic acids is 1. The molecule has 3 fully saturated rings. The van der Waals surface area contributed by atoms with Crippen molar-refractivity contribution < 1.29 is 14.6 Å². The number of methoxy groups -OCH3 is 1. The van der Waals surface area contributed by atoms with Gasteiger partial charge in [-0.3, -0.25) is 9.78 Å². The molecule has 2 N–H and O–H groups in total. The van der Waals surface area contributed by atoms with E-state index in [9.17, 15) is 9.90 Å². The van der Waals surface area contributed by atoms with E-state index in [4.69, 9.17) is 19.8 Å². The number of carbonyl (C=O) groups is 1. The lowest BCUT2D eigenvalue weighted by molar-refractivity contribution is -0.160. The fourth-order valence-corrected chi connectivity index (χ4v) is 8.14. The molecule has 8 nitrogen and oxygen atoms in total. The molecular formula is C38H43N5O3. The molecular weight excluding hydrogens is 574 g/mol. The number of aliphatic hydroxyl groups is 1. The number of hydrogen-bond donors (Lipinski definition) is 2. The van der Waals surface area contributed by atoms with E-state index in [1.54, 1.807) is 0 Å². The Morgan fingerprint density at radius 3 is 2.33 bits per heavy atom. The number of H-pyrrole nitrogens is 1. The van der Waals surface area contributed by atoms with Crippen LogP contribution in [0.1, 0.15) is 98.4 Å². The fourth-order valence-electron chi connectivity index (χ4n) is 8.14. The summed E-state index contributed by atoms with van der Waals surface area (Å²) in [6.07, 6.45) is 5.23. The van der Waals surface area contributed by atoms with Gasteiger partial charge in [0.05, 0.1) is 40.6 Å². The van der Waals surface area contributed by atoms with E-state index in [0.717, 1.165) is 89.1 Å². The van der Waals surface area contributed by atoms with Gasteiger partial charge in [0.2, 0.25) is 0 Å². The lowest BCUT2D eigenvalue weighted by Gasteiger charge is -2.51. The Hall–Kier alpha value is -4.30. The van der Waals surface area contributed by atoms with Crippen LogP contribution in [-0.2, 0) is 21.4 Å². The van der Waals surface area contributed by atoms with Gasteiger partial charge >= 0.3 is 5.97 Å². The number of ether oxygens (including phenoxy) is 1. The minimum Gasteiger partial charge on any atom is -0.469 e. The number of benzene rings is 2. The summed E-state index contributed by atoms with van der Waals surface area (Å²) in [5.74, 6) is 0.737. The maximum Gasteiger partial charge on any atom is 0.311 e. The van der Waals surface area contributed by atoms with E-state index in [1.807, 2.05) is 47.1 Å². The second-order valence-electron chi connectivity index (χ2n) is 13.8. The molecule has 0 amide bonds. The number of aromatic nitrogens is 5. The third-order valence-electron chi connectivity index (χ3n) is 10.8. The number of fused-ring (bicyclic) bond motifs is 4. The van der Waals surface area contributed by atoms with E-state index in [0.29, 0.717) is 12.2 Å². The maximum absolute atomic E-state index is 12.6. The quantitative estimate of drug-likeness (QED) is 0.174. The number of hydrogen-bond acceptors (Lipinski definition) is 6. The van der Waals surface area contributed by atoms with Gasteiger partial charge in [-0.05, 0) is 82.1 Å². The molecule has 2 bridgehead atoms. The second-order valence-corrected chi connectivity index (χ2v) is 13.8. The Bertz CT molecular complexity index is 1900. The topological polar surface area (TPSA) is 106 Å². The molecule has 8 rings (SSSR count). The Balaban J connectivity index is 1.23. The van der Waals surface area contributed by atoms with Gasteiger partial charge in [-0.25, -0.2) is 9.67 Å². The van der Waals surface area contributed by atoms with Crippen LogP contribution in [0.2, 0.25) is 0 Å². The largest absolute Gasteiger partial charge is 0.469 e. The number of para-hydroxylation sites is 1. The zero-order chi connectivity index (χ0) is 32.2. The van der Waals surface area contributed by atoms with Crippen molar-refractivity contribution in [2.75, 3.05) is 7.11 Å². The van der Waals surface area contributed by atoms with Crippen molar-refractivity contribution in [3.05, 3.63) is 94.7 Å². The first kappa shape index (κ1) is 30.4. The third-order valence-corrected chi connectivity index (χ3v) is 10.8. The van der Waals surface area contributed by atoms with Crippen LogP contribution >= 0.6 is 0 Å².